The van der Waals surface area contributed by atoms with Gasteiger partial charge in [0.2, 0.25) is 5.91 Å². The van der Waals surface area contributed by atoms with Crippen molar-refractivity contribution in [3.8, 4) is 0 Å². The number of nitrogens with one attached hydrogen (secondary N) is 4. The topological polar surface area (TPSA) is 138 Å². The second-order valence-electron chi connectivity index (χ2n) is 12.4. The lowest BCUT2D eigenvalue weighted by Crippen LogP contribution is -2.53. The standard InChI is InChI=1S/C36H46ClN7O4S2/c1-25(2)34-41-30(23-49-34)21-44(3)35(46)43-32(16-17-39-37)33(45)40-28(18-26-10-6-4-7-11-26)14-15-29(19-27-12-8-5-9-13-27)42-36(47)48-22-31-20-38-24-50-31/h4-13,20,23-25,28-29,32,39H,14-19,21-22H2,1-3H3,(H,40,45)(H,42,47)(H,43,46)/t28-,29-,32-/m0/s1. The van der Waals surface area contributed by atoms with E-state index in [9.17, 15) is 14.4 Å². The van der Waals surface area contributed by atoms with E-state index in [0.717, 1.165) is 26.7 Å². The first-order valence-corrected chi connectivity index (χ1v) is 18.8. The van der Waals surface area contributed by atoms with Gasteiger partial charge in [-0.25, -0.2) is 19.4 Å². The third-order valence-corrected chi connectivity index (χ3v) is 10.1. The number of hydrogen-bond acceptors (Lipinski definition) is 9. The highest BCUT2D eigenvalue weighted by Gasteiger charge is 2.26. The fraction of sp³-hybridized carbons (Fsp3) is 0.417. The predicted molar refractivity (Wildman–Crippen MR) is 199 cm³/mol. The fourth-order valence-electron chi connectivity index (χ4n) is 5.31. The molecular formula is C36H46ClN7O4S2. The quantitative estimate of drug-likeness (QED) is 0.0816. The molecule has 2 heterocycles. The van der Waals surface area contributed by atoms with E-state index in [1.165, 1.54) is 16.2 Å². The number of alkyl carbamates (subject to hydrolysis) is 1. The summed E-state index contributed by atoms with van der Waals surface area (Å²) >= 11 is 8.78. The molecule has 0 bridgehead atoms. The minimum absolute atomic E-state index is 0.142. The summed E-state index contributed by atoms with van der Waals surface area (Å²) in [6.07, 6.45) is 3.73. The molecule has 0 saturated carbocycles. The molecule has 0 spiro atoms. The summed E-state index contributed by atoms with van der Waals surface area (Å²) in [5.41, 5.74) is 4.62. The van der Waals surface area contributed by atoms with E-state index >= 15 is 0 Å². The summed E-state index contributed by atoms with van der Waals surface area (Å²) < 4.78 is 5.48. The number of rotatable bonds is 19. The average molecular weight is 740 g/mol. The molecule has 11 nitrogen and oxygen atoms in total. The molecule has 0 aliphatic rings. The molecule has 0 aliphatic carbocycles. The SMILES string of the molecule is CC(C)c1nc(CN(C)C(=O)N[C@@H](CCNCl)C(=O)N[C@@H](CC[C@@H](Cc2ccccc2)NC(=O)OCc2cncs2)Cc2ccccc2)cs1. The van der Waals surface area contributed by atoms with Crippen LogP contribution in [0, 0.1) is 0 Å². The van der Waals surface area contributed by atoms with Crippen LogP contribution < -0.4 is 20.8 Å². The van der Waals surface area contributed by atoms with Gasteiger partial charge in [-0.15, -0.1) is 22.7 Å². The number of urea groups is 1. The van der Waals surface area contributed by atoms with Crippen molar-refractivity contribution in [1.82, 2.24) is 35.7 Å². The highest BCUT2D eigenvalue weighted by Crippen LogP contribution is 2.20. The van der Waals surface area contributed by atoms with Gasteiger partial charge in [0.25, 0.3) is 0 Å². The number of amides is 4. The lowest BCUT2D eigenvalue weighted by atomic mass is 9.95. The Morgan fingerprint density at radius 1 is 0.880 bits per heavy atom. The molecule has 0 fully saturated rings. The monoisotopic (exact) mass is 739 g/mol. The Balaban J connectivity index is 1.43. The van der Waals surface area contributed by atoms with E-state index in [0.29, 0.717) is 44.7 Å². The largest absolute Gasteiger partial charge is 0.444 e. The van der Waals surface area contributed by atoms with Crippen LogP contribution in [-0.4, -0.2) is 64.6 Å². The predicted octanol–water partition coefficient (Wildman–Crippen LogP) is 6.41. The number of nitrogens with zero attached hydrogens (tertiary/aromatic N) is 3. The van der Waals surface area contributed by atoms with E-state index in [-0.39, 0.29) is 37.0 Å². The minimum Gasteiger partial charge on any atom is -0.444 e. The molecule has 0 radical (unpaired) electrons. The van der Waals surface area contributed by atoms with Gasteiger partial charge >= 0.3 is 12.1 Å². The molecule has 4 rings (SSSR count). The van der Waals surface area contributed by atoms with Gasteiger partial charge in [0, 0.05) is 43.2 Å². The van der Waals surface area contributed by atoms with Gasteiger partial charge < -0.3 is 25.6 Å². The number of carbonyl (C=O) groups excluding carboxylic acids is 3. The van der Waals surface area contributed by atoms with Gasteiger partial charge in [0.15, 0.2) is 0 Å². The van der Waals surface area contributed by atoms with Crippen LogP contribution in [0.4, 0.5) is 9.59 Å². The Hall–Kier alpha value is -4.04. The molecule has 14 heteroatoms. The van der Waals surface area contributed by atoms with Crippen molar-refractivity contribution in [2.24, 2.45) is 0 Å². The molecule has 2 aromatic carbocycles. The van der Waals surface area contributed by atoms with Gasteiger partial charge in [0.1, 0.15) is 12.6 Å². The zero-order chi connectivity index (χ0) is 35.7. The zero-order valence-corrected chi connectivity index (χ0v) is 31.0. The molecule has 4 amide bonds. The van der Waals surface area contributed by atoms with Crippen LogP contribution in [0.1, 0.15) is 65.7 Å². The number of thiazole rings is 2. The van der Waals surface area contributed by atoms with Crippen molar-refractivity contribution >= 4 is 52.5 Å². The molecule has 0 aliphatic heterocycles. The first kappa shape index (κ1) is 38.8. The first-order chi connectivity index (χ1) is 24.2. The lowest BCUT2D eigenvalue weighted by molar-refractivity contribution is -0.123. The van der Waals surface area contributed by atoms with Crippen molar-refractivity contribution in [3.05, 3.63) is 104 Å². The van der Waals surface area contributed by atoms with Gasteiger partial charge in [0.05, 0.1) is 27.6 Å². The summed E-state index contributed by atoms with van der Waals surface area (Å²) in [4.78, 5) is 53.6. The molecular weight excluding hydrogens is 694 g/mol. The highest BCUT2D eigenvalue weighted by molar-refractivity contribution is 7.09. The molecule has 0 saturated heterocycles. The van der Waals surface area contributed by atoms with Crippen LogP contribution in [0.25, 0.3) is 0 Å². The second kappa shape index (κ2) is 20.6. The Bertz CT molecular complexity index is 1590. The summed E-state index contributed by atoms with van der Waals surface area (Å²) in [7, 11) is 1.68. The van der Waals surface area contributed by atoms with Crippen LogP contribution in [0.5, 0.6) is 0 Å². The maximum absolute atomic E-state index is 13.8. The van der Waals surface area contributed by atoms with Crippen molar-refractivity contribution in [1.29, 1.82) is 0 Å². The molecule has 0 unspecified atom stereocenters. The van der Waals surface area contributed by atoms with Crippen LogP contribution >= 0.6 is 34.5 Å². The number of carbonyl (C=O) groups is 3. The maximum Gasteiger partial charge on any atom is 0.407 e. The molecule has 3 atom stereocenters. The van der Waals surface area contributed by atoms with Crippen molar-refractivity contribution in [2.75, 3.05) is 13.6 Å². The van der Waals surface area contributed by atoms with Crippen molar-refractivity contribution < 1.29 is 19.1 Å². The second-order valence-corrected chi connectivity index (χ2v) is 14.5. The van der Waals surface area contributed by atoms with Gasteiger partial charge in [-0.2, -0.15) is 0 Å². The normalized spacial score (nSPS) is 12.9. The Morgan fingerprint density at radius 2 is 1.52 bits per heavy atom. The molecule has 50 heavy (non-hydrogen) atoms. The fourth-order valence-corrected chi connectivity index (χ4v) is 6.75. The Morgan fingerprint density at radius 3 is 2.08 bits per heavy atom. The number of aromatic nitrogens is 2. The zero-order valence-electron chi connectivity index (χ0n) is 28.6. The van der Waals surface area contributed by atoms with Gasteiger partial charge in [-0.3, -0.25) is 9.78 Å². The van der Waals surface area contributed by atoms with E-state index in [1.807, 2.05) is 66.0 Å². The number of benzene rings is 2. The molecule has 4 N–H and O–H groups in total. The van der Waals surface area contributed by atoms with Crippen molar-refractivity contribution in [3.63, 3.8) is 0 Å². The summed E-state index contributed by atoms with van der Waals surface area (Å²) in [6, 6.07) is 18.1. The van der Waals surface area contributed by atoms with E-state index in [1.54, 1.807) is 30.1 Å². The minimum atomic E-state index is -0.837. The third kappa shape index (κ3) is 13.3. The van der Waals surface area contributed by atoms with Crippen molar-refractivity contribution in [2.45, 2.75) is 83.1 Å². The smallest absolute Gasteiger partial charge is 0.407 e. The van der Waals surface area contributed by atoms with E-state index in [4.69, 9.17) is 16.5 Å². The summed E-state index contributed by atoms with van der Waals surface area (Å²) in [6.45, 7) is 4.93. The summed E-state index contributed by atoms with van der Waals surface area (Å²) in [5, 5.41) is 12.1. The van der Waals surface area contributed by atoms with Crippen LogP contribution in [0.15, 0.2) is 77.8 Å². The third-order valence-electron chi connectivity index (χ3n) is 7.96. The van der Waals surface area contributed by atoms with E-state index in [2.05, 4.69) is 44.6 Å². The molecule has 2 aromatic heterocycles. The number of hydrogen-bond donors (Lipinski definition) is 4. The summed E-state index contributed by atoms with van der Waals surface area (Å²) in [5.74, 6) is -0.00729. The molecule has 268 valence electrons. The number of halogens is 1. The molecule has 4 aromatic rings. The first-order valence-electron chi connectivity index (χ1n) is 16.7. The number of ether oxygens (including phenoxy) is 1. The van der Waals surface area contributed by atoms with Crippen LogP contribution in [0.2, 0.25) is 0 Å². The van der Waals surface area contributed by atoms with Gasteiger partial charge in [-0.1, -0.05) is 74.5 Å². The Kier molecular flexibility index (Phi) is 16.0. The van der Waals surface area contributed by atoms with Gasteiger partial charge in [-0.05, 0) is 55.0 Å². The van der Waals surface area contributed by atoms with Crippen LogP contribution in [-0.2, 0) is 35.5 Å². The Labute approximate surface area is 307 Å². The highest BCUT2D eigenvalue weighted by atomic mass is 35.5. The van der Waals surface area contributed by atoms with E-state index < -0.39 is 12.1 Å². The van der Waals surface area contributed by atoms with Crippen LogP contribution in [0.3, 0.4) is 0 Å². The lowest BCUT2D eigenvalue weighted by Gasteiger charge is -2.27. The maximum atomic E-state index is 13.8. The average Bonchev–Trinajstić information content (AvgIpc) is 3.82.